The fourth-order valence-electron chi connectivity index (χ4n) is 3.32. The summed E-state index contributed by atoms with van der Waals surface area (Å²) in [6, 6.07) is 4.29. The largest absolute Gasteiger partial charge is 0.399 e. The summed E-state index contributed by atoms with van der Waals surface area (Å²) < 4.78 is 0. The van der Waals surface area contributed by atoms with Crippen LogP contribution in [0.4, 0.5) is 5.69 Å². The third-order valence-electron chi connectivity index (χ3n) is 5.24. The van der Waals surface area contributed by atoms with Gasteiger partial charge in [0.05, 0.1) is 0 Å². The van der Waals surface area contributed by atoms with E-state index in [1.807, 2.05) is 0 Å². The molecule has 0 aliphatic rings. The molecular formula is C22H40BrN. The third-order valence-corrected chi connectivity index (χ3v) is 5.24. The number of hydrogen-bond donors (Lipinski definition) is 1. The van der Waals surface area contributed by atoms with Gasteiger partial charge in [-0.25, -0.2) is 0 Å². The van der Waals surface area contributed by atoms with E-state index in [2.05, 4.69) is 32.9 Å². The van der Waals surface area contributed by atoms with Gasteiger partial charge in [0, 0.05) is 5.69 Å². The van der Waals surface area contributed by atoms with Crippen LogP contribution in [0.5, 0.6) is 0 Å². The zero-order valence-corrected chi connectivity index (χ0v) is 18.0. The Morgan fingerprint density at radius 2 is 1.12 bits per heavy atom. The molecular weight excluding hydrogens is 358 g/mol. The number of nitrogen functional groups attached to an aromatic ring is 1. The molecule has 0 aliphatic carbocycles. The molecule has 2 heteroatoms. The minimum atomic E-state index is 0. The minimum Gasteiger partial charge on any atom is -0.399 e. The summed E-state index contributed by atoms with van der Waals surface area (Å²) >= 11 is 0. The maximum Gasteiger partial charge on any atom is 0.0346 e. The summed E-state index contributed by atoms with van der Waals surface area (Å²) in [5.74, 6) is 0. The highest BCUT2D eigenvalue weighted by Crippen LogP contribution is 2.21. The van der Waals surface area contributed by atoms with Crippen molar-refractivity contribution in [3.05, 3.63) is 28.8 Å². The molecule has 0 amide bonds. The van der Waals surface area contributed by atoms with Crippen LogP contribution >= 0.6 is 17.0 Å². The Bertz CT molecular complexity index is 428. The fourth-order valence-corrected chi connectivity index (χ4v) is 3.32. The average molecular weight is 398 g/mol. The summed E-state index contributed by atoms with van der Waals surface area (Å²) in [5.41, 5.74) is 11.0. The van der Waals surface area contributed by atoms with Crippen molar-refractivity contribution in [3.8, 4) is 0 Å². The Kier molecular flexibility index (Phi) is 14.5. The topological polar surface area (TPSA) is 26.0 Å². The van der Waals surface area contributed by atoms with Crippen LogP contribution < -0.4 is 5.73 Å². The van der Waals surface area contributed by atoms with Gasteiger partial charge in [0.15, 0.2) is 0 Å². The Hall–Kier alpha value is -0.500. The first-order chi connectivity index (χ1) is 11.2. The number of halogens is 1. The molecule has 0 saturated carbocycles. The van der Waals surface area contributed by atoms with Gasteiger partial charge in [-0.3, -0.25) is 0 Å². The van der Waals surface area contributed by atoms with E-state index in [0.29, 0.717) is 0 Å². The molecule has 140 valence electrons. The van der Waals surface area contributed by atoms with Crippen molar-refractivity contribution >= 4 is 22.7 Å². The zero-order valence-electron chi connectivity index (χ0n) is 16.3. The smallest absolute Gasteiger partial charge is 0.0346 e. The molecule has 0 fully saturated rings. The molecule has 0 radical (unpaired) electrons. The van der Waals surface area contributed by atoms with Crippen molar-refractivity contribution in [1.82, 2.24) is 0 Å². The molecule has 0 aromatic heterocycles. The highest BCUT2D eigenvalue weighted by atomic mass is 79.9. The van der Waals surface area contributed by atoms with Gasteiger partial charge in [-0.2, -0.15) is 0 Å². The average Bonchev–Trinajstić information content (AvgIpc) is 2.55. The monoisotopic (exact) mass is 397 g/mol. The third kappa shape index (κ3) is 9.71. The first kappa shape index (κ1) is 23.5. The van der Waals surface area contributed by atoms with E-state index >= 15 is 0 Å². The van der Waals surface area contributed by atoms with E-state index in [9.17, 15) is 0 Å². The van der Waals surface area contributed by atoms with Gasteiger partial charge in [-0.15, -0.1) is 17.0 Å². The molecule has 1 nitrogen and oxygen atoms in total. The van der Waals surface area contributed by atoms with Gasteiger partial charge in [-0.1, -0.05) is 83.6 Å². The van der Waals surface area contributed by atoms with Crippen molar-refractivity contribution in [2.75, 3.05) is 5.73 Å². The molecule has 0 heterocycles. The van der Waals surface area contributed by atoms with Crippen molar-refractivity contribution in [1.29, 1.82) is 0 Å². The number of unbranched alkanes of at least 4 members (excludes halogenated alkanes) is 11. The molecule has 0 unspecified atom stereocenters. The second kappa shape index (κ2) is 14.8. The highest BCUT2D eigenvalue weighted by molar-refractivity contribution is 8.93. The van der Waals surface area contributed by atoms with Crippen molar-refractivity contribution in [3.63, 3.8) is 0 Å². The lowest BCUT2D eigenvalue weighted by atomic mass is 9.97. The van der Waals surface area contributed by atoms with Gasteiger partial charge in [-0.05, 0) is 49.4 Å². The lowest BCUT2D eigenvalue weighted by Gasteiger charge is -2.11. The summed E-state index contributed by atoms with van der Waals surface area (Å²) in [4.78, 5) is 0. The SMILES string of the molecule is Br.CCCCCCCCCCCCCCc1ccc(N)c(C)c1C. The first-order valence-corrected chi connectivity index (χ1v) is 10.0. The number of nitrogens with two attached hydrogens (primary N) is 1. The molecule has 0 aliphatic heterocycles. The summed E-state index contributed by atoms with van der Waals surface area (Å²) in [5, 5.41) is 0. The highest BCUT2D eigenvalue weighted by Gasteiger charge is 2.03. The summed E-state index contributed by atoms with van der Waals surface area (Å²) in [6.07, 6.45) is 18.2. The number of aryl methyl sites for hydroxylation is 1. The Balaban J connectivity index is 0.00000529. The number of rotatable bonds is 13. The Labute approximate surface area is 161 Å². The molecule has 1 rings (SSSR count). The predicted octanol–water partition coefficient (Wildman–Crippen LogP) is 7.71. The zero-order chi connectivity index (χ0) is 16.9. The maximum absolute atomic E-state index is 5.96. The number of hydrogen-bond acceptors (Lipinski definition) is 1. The van der Waals surface area contributed by atoms with Crippen LogP contribution in [0.2, 0.25) is 0 Å². The van der Waals surface area contributed by atoms with Crippen LogP contribution in [0, 0.1) is 13.8 Å². The minimum absolute atomic E-state index is 0. The molecule has 0 atom stereocenters. The van der Waals surface area contributed by atoms with Crippen LogP contribution in [0.1, 0.15) is 101 Å². The fraction of sp³-hybridized carbons (Fsp3) is 0.727. The van der Waals surface area contributed by atoms with E-state index in [4.69, 9.17) is 5.73 Å². The standard InChI is InChI=1S/C22H39N.BrH/c1-4-5-6-7-8-9-10-11-12-13-14-15-16-21-17-18-22(23)20(3)19(21)2;/h17-18H,4-16,23H2,1-3H3;1H. The number of benzene rings is 1. The van der Waals surface area contributed by atoms with Gasteiger partial charge >= 0.3 is 0 Å². The van der Waals surface area contributed by atoms with Crippen LogP contribution in [-0.4, -0.2) is 0 Å². The molecule has 0 spiro atoms. The lowest BCUT2D eigenvalue weighted by molar-refractivity contribution is 0.544. The molecule has 0 bridgehead atoms. The summed E-state index contributed by atoms with van der Waals surface area (Å²) in [6.45, 7) is 6.63. The van der Waals surface area contributed by atoms with E-state index in [1.165, 1.54) is 100 Å². The van der Waals surface area contributed by atoms with E-state index < -0.39 is 0 Å². The predicted molar refractivity (Wildman–Crippen MR) is 115 cm³/mol. The molecule has 1 aromatic rings. The van der Waals surface area contributed by atoms with Gasteiger partial charge in [0.1, 0.15) is 0 Å². The van der Waals surface area contributed by atoms with Crippen LogP contribution in [0.25, 0.3) is 0 Å². The Morgan fingerprint density at radius 1 is 0.667 bits per heavy atom. The van der Waals surface area contributed by atoms with Crippen LogP contribution in [-0.2, 0) is 6.42 Å². The molecule has 1 aromatic carbocycles. The first-order valence-electron chi connectivity index (χ1n) is 10.0. The molecule has 24 heavy (non-hydrogen) atoms. The van der Waals surface area contributed by atoms with E-state index in [0.717, 1.165) is 5.69 Å². The van der Waals surface area contributed by atoms with Crippen molar-refractivity contribution < 1.29 is 0 Å². The maximum atomic E-state index is 5.96. The van der Waals surface area contributed by atoms with Gasteiger partial charge in [0.25, 0.3) is 0 Å². The molecule has 2 N–H and O–H groups in total. The number of anilines is 1. The quantitative estimate of drug-likeness (QED) is 0.267. The van der Waals surface area contributed by atoms with Crippen LogP contribution in [0.3, 0.4) is 0 Å². The van der Waals surface area contributed by atoms with Crippen molar-refractivity contribution in [2.45, 2.75) is 104 Å². The normalized spacial score (nSPS) is 10.6. The van der Waals surface area contributed by atoms with E-state index in [-0.39, 0.29) is 17.0 Å². The van der Waals surface area contributed by atoms with Crippen molar-refractivity contribution in [2.24, 2.45) is 0 Å². The van der Waals surface area contributed by atoms with E-state index in [1.54, 1.807) is 0 Å². The second-order valence-corrected chi connectivity index (χ2v) is 7.20. The summed E-state index contributed by atoms with van der Waals surface area (Å²) in [7, 11) is 0. The Morgan fingerprint density at radius 3 is 1.62 bits per heavy atom. The lowest BCUT2D eigenvalue weighted by Crippen LogP contribution is -1.97. The molecule has 0 saturated heterocycles. The van der Waals surface area contributed by atoms with Gasteiger partial charge in [0.2, 0.25) is 0 Å². The van der Waals surface area contributed by atoms with Crippen LogP contribution in [0.15, 0.2) is 12.1 Å². The van der Waals surface area contributed by atoms with Gasteiger partial charge < -0.3 is 5.73 Å². The second-order valence-electron chi connectivity index (χ2n) is 7.20.